The van der Waals surface area contributed by atoms with Gasteiger partial charge in [0, 0.05) is 5.57 Å². The maximum atomic E-state index is 10.7. The van der Waals surface area contributed by atoms with Crippen molar-refractivity contribution in [1.29, 1.82) is 0 Å². The van der Waals surface area contributed by atoms with E-state index in [0.717, 1.165) is 6.08 Å². The molecule has 1 rings (SSSR count). The number of esters is 1. The smallest absolute Gasteiger partial charge is 0.333 e. The first-order chi connectivity index (χ1) is 6.97. The van der Waals surface area contributed by atoms with Gasteiger partial charge >= 0.3 is 5.97 Å². The van der Waals surface area contributed by atoms with E-state index >= 15 is 0 Å². The zero-order valence-electron chi connectivity index (χ0n) is 8.69. The van der Waals surface area contributed by atoms with Gasteiger partial charge in [-0.2, -0.15) is 0 Å². The Kier molecular flexibility index (Phi) is 6.05. The number of rotatable bonds is 4. The summed E-state index contributed by atoms with van der Waals surface area (Å²) >= 11 is 0. The summed E-state index contributed by atoms with van der Waals surface area (Å²) in [7, 11) is 0. The molecule has 0 aromatic carbocycles. The van der Waals surface area contributed by atoms with E-state index in [4.69, 9.17) is 9.47 Å². The number of carbonyl (C=O) groups excluding carboxylic acids is 2. The zero-order chi connectivity index (χ0) is 11.8. The van der Waals surface area contributed by atoms with Gasteiger partial charge in [0.15, 0.2) is 0 Å². The maximum Gasteiger partial charge on any atom is 0.333 e. The first-order valence-electron chi connectivity index (χ1n) is 4.33. The highest BCUT2D eigenvalue weighted by Gasteiger charge is 2.24. The standard InChI is InChI=1S/C7H10O3.C3H5NO/c1-5(2)7(8)10-4-6-3-9-6;1-2-3(4)5/h6H,1,3-4H2,2H3;2H,1H2,(H2,4,5). The maximum absolute atomic E-state index is 10.7. The van der Waals surface area contributed by atoms with Crippen LogP contribution in [0.5, 0.6) is 0 Å². The fourth-order valence-corrected chi connectivity index (χ4v) is 0.456. The van der Waals surface area contributed by atoms with Gasteiger partial charge in [0.1, 0.15) is 12.7 Å². The van der Waals surface area contributed by atoms with Crippen LogP contribution in [0.15, 0.2) is 24.8 Å². The zero-order valence-corrected chi connectivity index (χ0v) is 8.69. The summed E-state index contributed by atoms with van der Waals surface area (Å²) in [6.45, 7) is 9.22. The lowest BCUT2D eigenvalue weighted by Gasteiger charge is -1.99. The van der Waals surface area contributed by atoms with Gasteiger partial charge in [-0.3, -0.25) is 4.79 Å². The van der Waals surface area contributed by atoms with Crippen LogP contribution in [0.1, 0.15) is 6.92 Å². The first kappa shape index (κ1) is 13.4. The number of amides is 1. The molecule has 5 nitrogen and oxygen atoms in total. The van der Waals surface area contributed by atoms with Crippen LogP contribution in [0.25, 0.3) is 0 Å². The van der Waals surface area contributed by atoms with Gasteiger partial charge in [0.25, 0.3) is 0 Å². The average molecular weight is 213 g/mol. The van der Waals surface area contributed by atoms with E-state index in [-0.39, 0.29) is 12.1 Å². The van der Waals surface area contributed by atoms with Crippen molar-refractivity contribution in [3.63, 3.8) is 0 Å². The second-order valence-electron chi connectivity index (χ2n) is 2.94. The van der Waals surface area contributed by atoms with Gasteiger partial charge in [0.2, 0.25) is 5.91 Å². The lowest BCUT2D eigenvalue weighted by molar-refractivity contribution is -0.139. The SMILES string of the molecule is C=C(C)C(=O)OCC1CO1.C=CC(N)=O. The van der Waals surface area contributed by atoms with Gasteiger partial charge in [-0.1, -0.05) is 13.2 Å². The van der Waals surface area contributed by atoms with Crippen LogP contribution in [0, 0.1) is 0 Å². The molecule has 84 valence electrons. The Hall–Kier alpha value is -1.62. The summed E-state index contributed by atoms with van der Waals surface area (Å²) in [5.41, 5.74) is 4.97. The third kappa shape index (κ3) is 8.70. The largest absolute Gasteiger partial charge is 0.459 e. The van der Waals surface area contributed by atoms with Crippen molar-refractivity contribution in [3.8, 4) is 0 Å². The van der Waals surface area contributed by atoms with Crippen molar-refractivity contribution < 1.29 is 19.1 Å². The molecular weight excluding hydrogens is 198 g/mol. The number of epoxide rings is 1. The summed E-state index contributed by atoms with van der Waals surface area (Å²) in [4.78, 5) is 20.2. The van der Waals surface area contributed by atoms with Gasteiger partial charge in [-0.15, -0.1) is 0 Å². The molecule has 1 unspecified atom stereocenters. The molecule has 0 aliphatic carbocycles. The fraction of sp³-hybridized carbons (Fsp3) is 0.400. The van der Waals surface area contributed by atoms with E-state index in [9.17, 15) is 9.59 Å². The third-order valence-electron chi connectivity index (χ3n) is 1.35. The number of ether oxygens (including phenoxy) is 2. The molecule has 0 saturated carbocycles. The normalized spacial score (nSPS) is 16.7. The summed E-state index contributed by atoms with van der Waals surface area (Å²) in [5.74, 6) is -0.819. The van der Waals surface area contributed by atoms with Gasteiger partial charge in [-0.25, -0.2) is 4.79 Å². The molecule has 1 amide bonds. The summed E-state index contributed by atoms with van der Waals surface area (Å²) < 4.78 is 9.60. The highest BCUT2D eigenvalue weighted by atomic mass is 16.6. The molecule has 1 atom stereocenters. The minimum atomic E-state index is -0.481. The Morgan fingerprint density at radius 1 is 1.67 bits per heavy atom. The molecule has 2 N–H and O–H groups in total. The predicted molar refractivity (Wildman–Crippen MR) is 54.9 cm³/mol. The topological polar surface area (TPSA) is 81.9 Å². The van der Waals surface area contributed by atoms with E-state index in [1.54, 1.807) is 6.92 Å². The fourth-order valence-electron chi connectivity index (χ4n) is 0.456. The molecule has 1 aliphatic heterocycles. The molecule has 1 heterocycles. The Morgan fingerprint density at radius 3 is 2.40 bits per heavy atom. The third-order valence-corrected chi connectivity index (χ3v) is 1.35. The molecule has 0 aromatic rings. The lowest BCUT2D eigenvalue weighted by atomic mass is 10.4. The van der Waals surface area contributed by atoms with Crippen LogP contribution < -0.4 is 5.73 Å². The van der Waals surface area contributed by atoms with Crippen molar-refractivity contribution in [1.82, 2.24) is 0 Å². The highest BCUT2D eigenvalue weighted by Crippen LogP contribution is 2.09. The van der Waals surface area contributed by atoms with Crippen molar-refractivity contribution in [2.45, 2.75) is 13.0 Å². The second-order valence-corrected chi connectivity index (χ2v) is 2.94. The molecule has 15 heavy (non-hydrogen) atoms. The van der Waals surface area contributed by atoms with E-state index < -0.39 is 5.91 Å². The average Bonchev–Trinajstić information content (AvgIpc) is 2.98. The number of carbonyl (C=O) groups is 2. The van der Waals surface area contributed by atoms with Crippen molar-refractivity contribution in [2.75, 3.05) is 13.2 Å². The Balaban J connectivity index is 0.000000336. The predicted octanol–water partition coefficient (Wildman–Crippen LogP) is 0.162. The van der Waals surface area contributed by atoms with Crippen LogP contribution >= 0.6 is 0 Å². The molecule has 1 saturated heterocycles. The van der Waals surface area contributed by atoms with E-state index in [2.05, 4.69) is 18.9 Å². The van der Waals surface area contributed by atoms with Gasteiger partial charge < -0.3 is 15.2 Å². The van der Waals surface area contributed by atoms with Crippen molar-refractivity contribution >= 4 is 11.9 Å². The quantitative estimate of drug-likeness (QED) is 0.410. The molecule has 5 heteroatoms. The number of primary amides is 1. The Bertz CT molecular complexity index is 269. The number of nitrogens with two attached hydrogens (primary N) is 1. The van der Waals surface area contributed by atoms with Gasteiger partial charge in [0.05, 0.1) is 6.61 Å². The molecule has 0 bridgehead atoms. The van der Waals surface area contributed by atoms with Crippen LogP contribution in [0.3, 0.4) is 0 Å². The van der Waals surface area contributed by atoms with Crippen molar-refractivity contribution in [3.05, 3.63) is 24.8 Å². The van der Waals surface area contributed by atoms with Crippen molar-refractivity contribution in [2.24, 2.45) is 5.73 Å². The van der Waals surface area contributed by atoms with E-state index in [1.807, 2.05) is 0 Å². The number of hydrogen-bond donors (Lipinski definition) is 1. The summed E-state index contributed by atoms with van der Waals surface area (Å²) in [6.07, 6.45) is 1.20. The minimum Gasteiger partial charge on any atom is -0.459 e. The van der Waals surface area contributed by atoms with Crippen LogP contribution in [-0.2, 0) is 19.1 Å². The molecule has 0 aromatic heterocycles. The lowest BCUT2D eigenvalue weighted by Crippen LogP contribution is -2.09. The Morgan fingerprint density at radius 2 is 2.13 bits per heavy atom. The van der Waals surface area contributed by atoms with Crippen LogP contribution in [-0.4, -0.2) is 31.2 Å². The highest BCUT2D eigenvalue weighted by molar-refractivity contribution is 5.86. The minimum absolute atomic E-state index is 0.142. The summed E-state index contributed by atoms with van der Waals surface area (Å²) in [6, 6.07) is 0. The summed E-state index contributed by atoms with van der Waals surface area (Å²) in [5, 5.41) is 0. The molecule has 1 fully saturated rings. The molecule has 1 aliphatic rings. The molecule has 0 spiro atoms. The number of hydrogen-bond acceptors (Lipinski definition) is 4. The Labute approximate surface area is 88.5 Å². The van der Waals surface area contributed by atoms with Crippen LogP contribution in [0.4, 0.5) is 0 Å². The first-order valence-corrected chi connectivity index (χ1v) is 4.33. The molecular formula is C10H15NO4. The van der Waals surface area contributed by atoms with Crippen LogP contribution in [0.2, 0.25) is 0 Å². The molecule has 0 radical (unpaired) electrons. The van der Waals surface area contributed by atoms with Gasteiger partial charge in [-0.05, 0) is 13.0 Å². The monoisotopic (exact) mass is 213 g/mol. The van der Waals surface area contributed by atoms with E-state index in [0.29, 0.717) is 18.8 Å². The van der Waals surface area contributed by atoms with E-state index in [1.165, 1.54) is 0 Å². The second kappa shape index (κ2) is 6.78.